The lowest BCUT2D eigenvalue weighted by molar-refractivity contribution is 0.267. The van der Waals surface area contributed by atoms with Crippen LogP contribution in [0.5, 0.6) is 0 Å². The van der Waals surface area contributed by atoms with Crippen LogP contribution in [0.15, 0.2) is 24.5 Å². The molecule has 1 saturated carbocycles. The van der Waals surface area contributed by atoms with Crippen molar-refractivity contribution in [3.63, 3.8) is 0 Å². The van der Waals surface area contributed by atoms with Gasteiger partial charge in [0, 0.05) is 31.0 Å². The summed E-state index contributed by atoms with van der Waals surface area (Å²) in [5, 5.41) is 0. The van der Waals surface area contributed by atoms with Crippen molar-refractivity contribution in [2.75, 3.05) is 20.1 Å². The Kier molecular flexibility index (Phi) is 4.65. The highest BCUT2D eigenvalue weighted by Crippen LogP contribution is 2.31. The van der Waals surface area contributed by atoms with Gasteiger partial charge in [-0.2, -0.15) is 0 Å². The van der Waals surface area contributed by atoms with Crippen LogP contribution in [0.3, 0.4) is 0 Å². The highest BCUT2D eigenvalue weighted by atomic mass is 15.4. The quantitative estimate of drug-likeness (QED) is 0.826. The second kappa shape index (κ2) is 6.66. The second-order valence-electron chi connectivity index (χ2n) is 6.32. The minimum Gasteiger partial charge on any atom is -0.305 e. The van der Waals surface area contributed by atoms with Crippen molar-refractivity contribution in [1.29, 1.82) is 0 Å². The molecule has 0 aromatic carbocycles. The molecule has 2 N–H and O–H groups in total. The fraction of sp³-hybridized carbons (Fsp3) is 0.688. The van der Waals surface area contributed by atoms with Crippen LogP contribution in [0.25, 0.3) is 0 Å². The molecule has 3 rings (SSSR count). The van der Waals surface area contributed by atoms with E-state index in [9.17, 15) is 0 Å². The molecule has 4 heteroatoms. The third-order valence-electron chi connectivity index (χ3n) is 4.78. The van der Waals surface area contributed by atoms with E-state index in [2.05, 4.69) is 33.8 Å². The van der Waals surface area contributed by atoms with E-state index in [-0.39, 0.29) is 0 Å². The van der Waals surface area contributed by atoms with E-state index in [1.807, 2.05) is 18.5 Å². The Balaban J connectivity index is 1.38. The summed E-state index contributed by atoms with van der Waals surface area (Å²) in [6.45, 7) is 2.31. The first-order chi connectivity index (χ1) is 9.83. The lowest BCUT2D eigenvalue weighted by Crippen LogP contribution is -2.41. The normalized spacial score (nSPS) is 29.0. The molecule has 2 fully saturated rings. The molecule has 1 aliphatic carbocycles. The van der Waals surface area contributed by atoms with Crippen molar-refractivity contribution >= 4 is 0 Å². The summed E-state index contributed by atoms with van der Waals surface area (Å²) < 4.78 is 0. The summed E-state index contributed by atoms with van der Waals surface area (Å²) in [6, 6.07) is 5.54. The van der Waals surface area contributed by atoms with Gasteiger partial charge in [-0.25, -0.2) is 0 Å². The van der Waals surface area contributed by atoms with Crippen molar-refractivity contribution in [2.24, 2.45) is 5.92 Å². The van der Waals surface area contributed by atoms with E-state index in [1.165, 1.54) is 31.2 Å². The second-order valence-corrected chi connectivity index (χ2v) is 6.32. The average Bonchev–Trinajstić information content (AvgIpc) is 3.05. The molecule has 2 heterocycles. The van der Waals surface area contributed by atoms with Gasteiger partial charge in [-0.15, -0.1) is 0 Å². The van der Waals surface area contributed by atoms with Crippen LogP contribution in [-0.4, -0.2) is 42.1 Å². The Hall–Kier alpha value is -0.970. The average molecular weight is 274 g/mol. The monoisotopic (exact) mass is 274 g/mol. The molecule has 20 heavy (non-hydrogen) atoms. The molecule has 1 aromatic heterocycles. The summed E-state index contributed by atoms with van der Waals surface area (Å²) in [4.78, 5) is 6.64. The van der Waals surface area contributed by atoms with E-state index in [0.29, 0.717) is 6.04 Å². The lowest BCUT2D eigenvalue weighted by Gasteiger charge is -2.24. The van der Waals surface area contributed by atoms with Gasteiger partial charge in [-0.1, -0.05) is 12.5 Å². The van der Waals surface area contributed by atoms with Gasteiger partial charge in [0.05, 0.1) is 0 Å². The maximum Gasteiger partial charge on any atom is 0.0383 e. The molecular formula is C16H26N4. The number of pyridine rings is 1. The summed E-state index contributed by atoms with van der Waals surface area (Å²) in [7, 11) is 2.24. The molecule has 1 aromatic rings. The van der Waals surface area contributed by atoms with Crippen LogP contribution in [0.1, 0.15) is 31.2 Å². The van der Waals surface area contributed by atoms with Gasteiger partial charge in [0.1, 0.15) is 0 Å². The highest BCUT2D eigenvalue weighted by Gasteiger charge is 2.38. The number of hydrazine groups is 1. The maximum atomic E-state index is 4.17. The molecule has 4 nitrogen and oxygen atoms in total. The number of fused-ring (bicyclic) bond motifs is 1. The smallest absolute Gasteiger partial charge is 0.0383 e. The first kappa shape index (κ1) is 14.0. The summed E-state index contributed by atoms with van der Waals surface area (Å²) >= 11 is 0. The largest absolute Gasteiger partial charge is 0.305 e. The third kappa shape index (κ3) is 3.37. The molecule has 1 aliphatic heterocycles. The first-order valence-corrected chi connectivity index (χ1v) is 7.91. The zero-order valence-electron chi connectivity index (χ0n) is 12.4. The number of nitrogens with one attached hydrogen (secondary N) is 2. The summed E-state index contributed by atoms with van der Waals surface area (Å²) in [5.74, 6) is 0.843. The predicted octanol–water partition coefficient (Wildman–Crippen LogP) is 1.59. The van der Waals surface area contributed by atoms with Crippen LogP contribution in [0, 0.1) is 5.92 Å². The number of hydrogen-bond acceptors (Lipinski definition) is 4. The van der Waals surface area contributed by atoms with Crippen LogP contribution in [-0.2, 0) is 6.42 Å². The summed E-state index contributed by atoms with van der Waals surface area (Å²) in [5.41, 5.74) is 8.31. The molecule has 0 spiro atoms. The number of rotatable bonds is 6. The topological polar surface area (TPSA) is 40.2 Å². The van der Waals surface area contributed by atoms with Gasteiger partial charge < -0.3 is 4.90 Å². The Labute approximate surface area is 121 Å². The fourth-order valence-electron chi connectivity index (χ4n) is 3.68. The van der Waals surface area contributed by atoms with Gasteiger partial charge in [-0.05, 0) is 56.8 Å². The van der Waals surface area contributed by atoms with Gasteiger partial charge >= 0.3 is 0 Å². The van der Waals surface area contributed by atoms with Crippen LogP contribution in [0.2, 0.25) is 0 Å². The Bertz CT molecular complexity index is 408. The molecule has 2 aliphatic rings. The molecule has 1 saturated heterocycles. The van der Waals surface area contributed by atoms with Crippen LogP contribution in [0.4, 0.5) is 0 Å². The minimum atomic E-state index is 0.630. The van der Waals surface area contributed by atoms with Crippen molar-refractivity contribution < 1.29 is 0 Å². The van der Waals surface area contributed by atoms with Crippen molar-refractivity contribution in [3.05, 3.63) is 30.1 Å². The SMILES string of the molecule is CN(CCCc1cccnc1)CC1NNC2CCCC21. The Morgan fingerprint density at radius 2 is 2.30 bits per heavy atom. The Morgan fingerprint density at radius 3 is 3.15 bits per heavy atom. The molecular weight excluding hydrogens is 248 g/mol. The number of nitrogens with zero attached hydrogens (tertiary/aromatic N) is 2. The van der Waals surface area contributed by atoms with E-state index >= 15 is 0 Å². The maximum absolute atomic E-state index is 4.17. The molecule has 0 amide bonds. The van der Waals surface area contributed by atoms with E-state index < -0.39 is 0 Å². The number of likely N-dealkylation sites (N-methyl/N-ethyl adjacent to an activating group) is 1. The molecule has 110 valence electrons. The van der Waals surface area contributed by atoms with E-state index in [0.717, 1.165) is 31.5 Å². The van der Waals surface area contributed by atoms with Gasteiger partial charge in [0.15, 0.2) is 0 Å². The van der Waals surface area contributed by atoms with Crippen molar-refractivity contribution in [2.45, 2.75) is 44.2 Å². The number of aromatic nitrogens is 1. The Morgan fingerprint density at radius 1 is 1.35 bits per heavy atom. The fourth-order valence-corrected chi connectivity index (χ4v) is 3.68. The zero-order valence-corrected chi connectivity index (χ0v) is 12.4. The molecule has 0 radical (unpaired) electrons. The lowest BCUT2D eigenvalue weighted by atomic mass is 9.97. The highest BCUT2D eigenvalue weighted by molar-refractivity contribution is 5.08. The molecule has 3 unspecified atom stereocenters. The van der Waals surface area contributed by atoms with Crippen LogP contribution < -0.4 is 10.9 Å². The number of aryl methyl sites for hydroxylation is 1. The third-order valence-corrected chi connectivity index (χ3v) is 4.78. The first-order valence-electron chi connectivity index (χ1n) is 7.91. The molecule has 3 atom stereocenters. The van der Waals surface area contributed by atoms with Gasteiger partial charge in [0.2, 0.25) is 0 Å². The van der Waals surface area contributed by atoms with E-state index in [4.69, 9.17) is 0 Å². The van der Waals surface area contributed by atoms with Crippen molar-refractivity contribution in [1.82, 2.24) is 20.7 Å². The zero-order chi connectivity index (χ0) is 13.8. The van der Waals surface area contributed by atoms with Gasteiger partial charge in [-0.3, -0.25) is 15.8 Å². The molecule has 0 bridgehead atoms. The number of hydrogen-bond donors (Lipinski definition) is 2. The standard InChI is InChI=1S/C16H26N4/c1-20(10-4-6-13-5-3-9-17-11-13)12-16-14-7-2-8-15(14)18-19-16/h3,5,9,11,14-16,18-19H,2,4,6-8,10,12H2,1H3. The minimum absolute atomic E-state index is 0.630. The van der Waals surface area contributed by atoms with Crippen LogP contribution >= 0.6 is 0 Å². The predicted molar refractivity (Wildman–Crippen MR) is 81.2 cm³/mol. The van der Waals surface area contributed by atoms with E-state index in [1.54, 1.807) is 0 Å². The summed E-state index contributed by atoms with van der Waals surface area (Å²) in [6.07, 6.45) is 10.3. The van der Waals surface area contributed by atoms with Gasteiger partial charge in [0.25, 0.3) is 0 Å². The van der Waals surface area contributed by atoms with Crippen molar-refractivity contribution in [3.8, 4) is 0 Å².